The maximum absolute atomic E-state index is 10.2. The molecule has 150 valence electrons. The number of rotatable bonds is 6. The largest absolute Gasteiger partial charge is 0.390 e. The van der Waals surface area contributed by atoms with Gasteiger partial charge in [-0.1, -0.05) is 12.2 Å². The highest BCUT2D eigenvalue weighted by Crippen LogP contribution is 2.29. The van der Waals surface area contributed by atoms with Gasteiger partial charge in [0.1, 0.15) is 5.52 Å². The molecule has 0 aromatic carbocycles. The number of allylic oxidation sites excluding steroid dienone is 3. The molecule has 2 N–H and O–H groups in total. The van der Waals surface area contributed by atoms with Crippen LogP contribution in [0.1, 0.15) is 39.3 Å². The van der Waals surface area contributed by atoms with E-state index in [-0.39, 0.29) is 0 Å². The van der Waals surface area contributed by atoms with Crippen LogP contribution in [0.15, 0.2) is 42.4 Å². The number of nitrogens with one attached hydrogen (secondary N) is 1. The van der Waals surface area contributed by atoms with Gasteiger partial charge in [-0.25, -0.2) is 9.97 Å². The van der Waals surface area contributed by atoms with E-state index in [4.69, 9.17) is 0 Å². The summed E-state index contributed by atoms with van der Waals surface area (Å²) in [5.74, 6) is 1.13. The van der Waals surface area contributed by atoms with E-state index in [0.29, 0.717) is 5.92 Å². The van der Waals surface area contributed by atoms with Gasteiger partial charge in [-0.05, 0) is 51.7 Å². The van der Waals surface area contributed by atoms with E-state index in [9.17, 15) is 5.11 Å². The van der Waals surface area contributed by atoms with E-state index in [1.165, 1.54) is 5.70 Å². The summed E-state index contributed by atoms with van der Waals surface area (Å²) in [4.78, 5) is 15.8. The lowest BCUT2D eigenvalue weighted by Gasteiger charge is -2.39. The molecule has 3 rings (SSSR count). The van der Waals surface area contributed by atoms with Crippen molar-refractivity contribution in [2.24, 2.45) is 5.92 Å². The van der Waals surface area contributed by atoms with Crippen molar-refractivity contribution >= 4 is 16.9 Å². The average Bonchev–Trinajstić information content (AvgIpc) is 2.70. The Morgan fingerprint density at radius 2 is 2.00 bits per heavy atom. The molecule has 28 heavy (non-hydrogen) atoms. The summed E-state index contributed by atoms with van der Waals surface area (Å²) in [7, 11) is 1.85. The molecule has 0 aliphatic carbocycles. The predicted molar refractivity (Wildman–Crippen MR) is 114 cm³/mol. The van der Waals surface area contributed by atoms with Crippen LogP contribution < -0.4 is 5.32 Å². The minimum Gasteiger partial charge on any atom is -0.390 e. The lowest BCUT2D eigenvalue weighted by Crippen LogP contribution is -2.41. The third-order valence-electron chi connectivity index (χ3n) is 5.52. The quantitative estimate of drug-likeness (QED) is 0.746. The Balaban J connectivity index is 1.66. The smallest absolute Gasteiger partial charge is 0.154 e. The zero-order valence-corrected chi connectivity index (χ0v) is 17.3. The van der Waals surface area contributed by atoms with Crippen molar-refractivity contribution in [3.63, 3.8) is 0 Å². The molecule has 0 radical (unpaired) electrons. The van der Waals surface area contributed by atoms with Crippen LogP contribution in [0.4, 0.5) is 5.82 Å². The van der Waals surface area contributed by atoms with Crippen molar-refractivity contribution in [3.8, 4) is 0 Å². The summed E-state index contributed by atoms with van der Waals surface area (Å²) < 4.78 is 0. The summed E-state index contributed by atoms with van der Waals surface area (Å²) in [6.45, 7) is 7.87. The Kier molecular flexibility index (Phi) is 6.29. The first-order chi connectivity index (χ1) is 13.4. The minimum absolute atomic E-state index is 0.369. The lowest BCUT2D eigenvalue weighted by atomic mass is 9.83. The van der Waals surface area contributed by atoms with E-state index in [0.717, 1.165) is 54.9 Å². The maximum Gasteiger partial charge on any atom is 0.154 e. The first kappa shape index (κ1) is 20.3. The van der Waals surface area contributed by atoms with Crippen LogP contribution >= 0.6 is 0 Å². The SMILES string of the molecule is C/C=C(\C=C/Cc1cc2nccnc2c(NC)n1)N1CCC(C(C)(C)O)CC1. The minimum atomic E-state index is -0.590. The highest BCUT2D eigenvalue weighted by atomic mass is 16.3. The zero-order chi connectivity index (χ0) is 20.1. The van der Waals surface area contributed by atoms with Crippen molar-refractivity contribution in [1.82, 2.24) is 19.9 Å². The van der Waals surface area contributed by atoms with E-state index in [2.05, 4.69) is 50.3 Å². The molecule has 0 atom stereocenters. The number of anilines is 1. The predicted octanol–water partition coefficient (Wildman–Crippen LogP) is 3.55. The molecule has 1 saturated heterocycles. The Labute approximate surface area is 167 Å². The molecular weight excluding hydrogens is 350 g/mol. The molecule has 1 aliphatic rings. The van der Waals surface area contributed by atoms with Crippen molar-refractivity contribution < 1.29 is 5.11 Å². The molecule has 0 unspecified atom stereocenters. The molecule has 0 amide bonds. The third-order valence-corrected chi connectivity index (χ3v) is 5.52. The molecule has 0 spiro atoms. The fourth-order valence-electron chi connectivity index (χ4n) is 3.83. The van der Waals surface area contributed by atoms with Crippen molar-refractivity contribution in [2.45, 2.75) is 45.6 Å². The first-order valence-corrected chi connectivity index (χ1v) is 10.0. The van der Waals surface area contributed by atoms with Crippen LogP contribution in [0.25, 0.3) is 11.0 Å². The first-order valence-electron chi connectivity index (χ1n) is 10.0. The van der Waals surface area contributed by atoms with Crippen molar-refractivity contribution in [1.29, 1.82) is 0 Å². The summed E-state index contributed by atoms with van der Waals surface area (Å²) in [5, 5.41) is 13.4. The number of likely N-dealkylation sites (tertiary alicyclic amines) is 1. The van der Waals surface area contributed by atoms with Crippen LogP contribution in [0.2, 0.25) is 0 Å². The zero-order valence-electron chi connectivity index (χ0n) is 17.3. The van der Waals surface area contributed by atoms with Gasteiger partial charge >= 0.3 is 0 Å². The van der Waals surface area contributed by atoms with Crippen LogP contribution in [-0.2, 0) is 6.42 Å². The Morgan fingerprint density at radius 1 is 1.29 bits per heavy atom. The number of pyridine rings is 1. The molecule has 6 heteroatoms. The number of aromatic nitrogens is 3. The second-order valence-electron chi connectivity index (χ2n) is 7.87. The number of hydrogen-bond donors (Lipinski definition) is 2. The topological polar surface area (TPSA) is 74.2 Å². The summed E-state index contributed by atoms with van der Waals surface area (Å²) in [6.07, 6.45) is 12.6. The number of fused-ring (bicyclic) bond motifs is 1. The molecule has 3 heterocycles. The molecule has 1 aliphatic heterocycles. The summed E-state index contributed by atoms with van der Waals surface area (Å²) >= 11 is 0. The van der Waals surface area contributed by atoms with E-state index in [1.54, 1.807) is 12.4 Å². The third kappa shape index (κ3) is 4.68. The number of nitrogens with zero attached hydrogens (tertiary/aromatic N) is 4. The fourth-order valence-corrected chi connectivity index (χ4v) is 3.83. The van der Waals surface area contributed by atoms with Gasteiger partial charge in [0, 0.05) is 50.3 Å². The number of piperidine rings is 1. The number of aliphatic hydroxyl groups is 1. The van der Waals surface area contributed by atoms with Gasteiger partial charge in [0.15, 0.2) is 5.82 Å². The van der Waals surface area contributed by atoms with E-state index in [1.807, 2.05) is 27.0 Å². The molecule has 1 fully saturated rings. The van der Waals surface area contributed by atoms with Gasteiger partial charge in [0.2, 0.25) is 0 Å². The van der Waals surface area contributed by atoms with Crippen molar-refractivity contribution in [2.75, 3.05) is 25.5 Å². The molecule has 2 aromatic heterocycles. The Hall–Kier alpha value is -2.47. The van der Waals surface area contributed by atoms with Gasteiger partial charge in [0.05, 0.1) is 11.1 Å². The highest BCUT2D eigenvalue weighted by Gasteiger charge is 2.30. The Morgan fingerprint density at radius 3 is 2.64 bits per heavy atom. The normalized spacial score (nSPS) is 16.9. The van der Waals surface area contributed by atoms with Crippen LogP contribution in [0.3, 0.4) is 0 Å². The highest BCUT2D eigenvalue weighted by molar-refractivity contribution is 5.85. The second kappa shape index (κ2) is 8.69. The van der Waals surface area contributed by atoms with Crippen LogP contribution in [0, 0.1) is 5.92 Å². The van der Waals surface area contributed by atoms with Gasteiger partial charge in [-0.15, -0.1) is 0 Å². The van der Waals surface area contributed by atoms with Crippen LogP contribution in [0.5, 0.6) is 0 Å². The second-order valence-corrected chi connectivity index (χ2v) is 7.87. The molecule has 0 saturated carbocycles. The molecule has 6 nitrogen and oxygen atoms in total. The van der Waals surface area contributed by atoms with E-state index >= 15 is 0 Å². The van der Waals surface area contributed by atoms with Crippen LogP contribution in [-0.4, -0.2) is 50.7 Å². The Bertz CT molecular complexity index is 861. The lowest BCUT2D eigenvalue weighted by molar-refractivity contribution is -0.00798. The van der Waals surface area contributed by atoms with Gasteiger partial charge in [0.25, 0.3) is 0 Å². The average molecular weight is 382 g/mol. The van der Waals surface area contributed by atoms with Gasteiger partial charge in [-0.3, -0.25) is 4.98 Å². The van der Waals surface area contributed by atoms with Crippen molar-refractivity contribution in [3.05, 3.63) is 48.1 Å². The molecular formula is C22H31N5O. The standard InChI is InChI=1S/C22H31N5O/c1-5-18(27-13-9-16(10-14-27)22(2,3)28)8-6-7-17-15-19-20(21(23-4)26-17)25-12-11-24-19/h5-6,8,11-12,15-16,28H,7,9-10,13-14H2,1-4H3,(H,23,26)/b8-6-,18-5+. The molecule has 0 bridgehead atoms. The van der Waals surface area contributed by atoms with Gasteiger partial charge < -0.3 is 15.3 Å². The molecule has 2 aromatic rings. The summed E-state index contributed by atoms with van der Waals surface area (Å²) in [5.41, 5.74) is 3.24. The monoisotopic (exact) mass is 381 g/mol. The summed E-state index contributed by atoms with van der Waals surface area (Å²) in [6, 6.07) is 2.00. The van der Waals surface area contributed by atoms with Gasteiger partial charge in [-0.2, -0.15) is 0 Å². The number of hydrogen-bond acceptors (Lipinski definition) is 6. The van der Waals surface area contributed by atoms with E-state index < -0.39 is 5.60 Å². The maximum atomic E-state index is 10.2. The fraction of sp³-hybridized carbons (Fsp3) is 0.500.